The standard InChI is InChI=1S/C31H41FN4O5S2.C21H25FN4OS2/c1-9-18(2)36(29(39)41-31(6,7)8)15-13-24(37)34-27-25(26-33-21-16-19(32)10-11-22(21)42-26)20-12-14-35(17-23(20)43-27)28(38)40-30(3,4)5;1-3-12(2)24-9-7-18(27)26-21-19(14-6-8-23-11-17(14)29-21)20-25-15-10-13(22)4-5-16(15)28-20/h10-11,16,18H,9,12-15,17H2,1-8H3,(H,34,37);4-5,10,12,23-24H,3,6-9,11H2,1-2H3,(H,26,27). The quantitative estimate of drug-likeness (QED) is 0.0824. The van der Waals surface area contributed by atoms with Crippen molar-refractivity contribution >= 4 is 99.8 Å². The summed E-state index contributed by atoms with van der Waals surface area (Å²) in [6.07, 6.45) is 2.87. The molecule has 0 saturated heterocycles. The molecule has 388 valence electrons. The van der Waals surface area contributed by atoms with Gasteiger partial charge in [-0.15, -0.1) is 45.3 Å². The Labute approximate surface area is 436 Å². The van der Waals surface area contributed by atoms with Gasteiger partial charge in [0.25, 0.3) is 0 Å². The molecular formula is C52H66F2N8O6S4. The number of thiophene rings is 2. The highest BCUT2D eigenvalue weighted by Crippen LogP contribution is 2.47. The molecule has 0 radical (unpaired) electrons. The van der Waals surface area contributed by atoms with E-state index in [2.05, 4.69) is 40.1 Å². The maximum Gasteiger partial charge on any atom is 0.410 e. The Balaban J connectivity index is 0.000000227. The van der Waals surface area contributed by atoms with Crippen molar-refractivity contribution in [1.29, 1.82) is 0 Å². The maximum absolute atomic E-state index is 14.0. The molecule has 8 rings (SSSR count). The summed E-state index contributed by atoms with van der Waals surface area (Å²) in [5.41, 5.74) is 4.01. The molecule has 72 heavy (non-hydrogen) atoms. The predicted molar refractivity (Wildman–Crippen MR) is 288 cm³/mol. The van der Waals surface area contributed by atoms with Crippen LogP contribution in [0.4, 0.5) is 28.4 Å². The van der Waals surface area contributed by atoms with Crippen LogP contribution in [0.1, 0.15) is 116 Å². The lowest BCUT2D eigenvalue weighted by atomic mass is 10.0. The number of fused-ring (bicyclic) bond motifs is 4. The number of benzene rings is 2. The second kappa shape index (κ2) is 23.4. The largest absolute Gasteiger partial charge is 0.444 e. The molecule has 14 nitrogen and oxygen atoms in total. The summed E-state index contributed by atoms with van der Waals surface area (Å²) in [7, 11) is 0. The molecule has 0 spiro atoms. The molecule has 2 atom stereocenters. The minimum absolute atomic E-state index is 0.000708. The van der Waals surface area contributed by atoms with Gasteiger partial charge in [0.1, 0.15) is 42.9 Å². The van der Waals surface area contributed by atoms with Crippen molar-refractivity contribution in [3.63, 3.8) is 0 Å². The first-order valence-corrected chi connectivity index (χ1v) is 27.8. The van der Waals surface area contributed by atoms with E-state index in [0.717, 1.165) is 73.3 Å². The van der Waals surface area contributed by atoms with Crippen LogP contribution in [-0.4, -0.2) is 93.2 Å². The zero-order valence-electron chi connectivity index (χ0n) is 42.7. The summed E-state index contributed by atoms with van der Waals surface area (Å²) in [6, 6.07) is 9.51. The number of hydrogen-bond acceptors (Lipinski definition) is 14. The fourth-order valence-electron chi connectivity index (χ4n) is 8.07. The minimum Gasteiger partial charge on any atom is -0.444 e. The number of rotatable bonds is 14. The molecule has 6 aromatic rings. The number of nitrogens with zero attached hydrogens (tertiary/aromatic N) is 4. The molecule has 4 amide bonds. The average Bonchev–Trinajstić information content (AvgIpc) is 4.09. The molecule has 2 aliphatic heterocycles. The number of halogens is 2. The maximum atomic E-state index is 14.0. The Hall–Kier alpha value is -5.12. The summed E-state index contributed by atoms with van der Waals surface area (Å²) in [6.45, 7) is 22.4. The molecule has 2 unspecified atom stereocenters. The van der Waals surface area contributed by atoms with Crippen LogP contribution in [0.25, 0.3) is 41.6 Å². The first kappa shape index (κ1) is 54.6. The summed E-state index contributed by atoms with van der Waals surface area (Å²) in [5, 5.41) is 15.9. The second-order valence-electron chi connectivity index (χ2n) is 20.0. The van der Waals surface area contributed by atoms with Crippen molar-refractivity contribution in [2.24, 2.45) is 0 Å². The number of carbonyl (C=O) groups is 4. The predicted octanol–water partition coefficient (Wildman–Crippen LogP) is 12.3. The van der Waals surface area contributed by atoms with E-state index >= 15 is 0 Å². The molecule has 0 saturated carbocycles. The van der Waals surface area contributed by atoms with Gasteiger partial charge < -0.3 is 40.5 Å². The normalized spacial score (nSPS) is 14.5. The number of amides is 4. The summed E-state index contributed by atoms with van der Waals surface area (Å²) >= 11 is 6.00. The van der Waals surface area contributed by atoms with Gasteiger partial charge in [0.2, 0.25) is 11.8 Å². The third-order valence-corrected chi connectivity index (χ3v) is 16.4. The third-order valence-electron chi connectivity index (χ3n) is 12.1. The highest BCUT2D eigenvalue weighted by molar-refractivity contribution is 7.23. The van der Waals surface area contributed by atoms with Crippen molar-refractivity contribution < 1.29 is 37.4 Å². The molecule has 4 N–H and O–H groups in total. The first-order valence-electron chi connectivity index (χ1n) is 24.5. The lowest BCUT2D eigenvalue weighted by Gasteiger charge is -2.31. The number of aromatic nitrogens is 2. The van der Waals surface area contributed by atoms with E-state index in [1.165, 1.54) is 57.4 Å². The zero-order chi connectivity index (χ0) is 52.1. The lowest BCUT2D eigenvalue weighted by Crippen LogP contribution is -2.43. The van der Waals surface area contributed by atoms with Crippen LogP contribution in [0.5, 0.6) is 0 Å². The average molecular weight is 1070 g/mol. The number of thiazole rings is 2. The van der Waals surface area contributed by atoms with Gasteiger partial charge >= 0.3 is 12.2 Å². The van der Waals surface area contributed by atoms with Crippen LogP contribution in [-0.2, 0) is 45.0 Å². The van der Waals surface area contributed by atoms with Crippen molar-refractivity contribution in [3.8, 4) is 21.1 Å². The zero-order valence-corrected chi connectivity index (χ0v) is 46.0. The third kappa shape index (κ3) is 13.9. The van der Waals surface area contributed by atoms with Gasteiger partial charge in [-0.05, 0) is 123 Å². The fourth-order valence-corrected chi connectivity index (χ4v) is 12.8. The topological polar surface area (TPSA) is 167 Å². The molecule has 0 bridgehead atoms. The number of nitrogens with one attached hydrogen (secondary N) is 4. The van der Waals surface area contributed by atoms with Gasteiger partial charge in [0.05, 0.1) is 27.0 Å². The second-order valence-corrected chi connectivity index (χ2v) is 24.3. The van der Waals surface area contributed by atoms with Crippen LogP contribution in [0.15, 0.2) is 36.4 Å². The lowest BCUT2D eigenvalue weighted by molar-refractivity contribution is -0.117. The van der Waals surface area contributed by atoms with Gasteiger partial charge in [-0.1, -0.05) is 13.8 Å². The van der Waals surface area contributed by atoms with E-state index < -0.39 is 17.3 Å². The van der Waals surface area contributed by atoms with Crippen LogP contribution in [0.3, 0.4) is 0 Å². The van der Waals surface area contributed by atoms with Crippen LogP contribution in [0.2, 0.25) is 0 Å². The molecule has 4 aromatic heterocycles. The Bertz CT molecular complexity index is 2920. The minimum atomic E-state index is -0.649. The van der Waals surface area contributed by atoms with Crippen molar-refractivity contribution in [3.05, 3.63) is 68.9 Å². The van der Waals surface area contributed by atoms with Gasteiger partial charge in [0.15, 0.2) is 0 Å². The van der Waals surface area contributed by atoms with E-state index in [0.29, 0.717) is 59.6 Å². The molecule has 0 fully saturated rings. The van der Waals surface area contributed by atoms with Crippen LogP contribution >= 0.6 is 45.3 Å². The van der Waals surface area contributed by atoms with Crippen LogP contribution in [0, 0.1) is 11.6 Å². The number of carbonyl (C=O) groups excluding carboxylic acids is 4. The molecule has 0 aliphatic carbocycles. The van der Waals surface area contributed by atoms with E-state index in [1.807, 2.05) is 55.4 Å². The van der Waals surface area contributed by atoms with E-state index in [9.17, 15) is 28.0 Å². The molecular weight excluding hydrogens is 999 g/mol. The summed E-state index contributed by atoms with van der Waals surface area (Å²) in [4.78, 5) is 66.5. The smallest absolute Gasteiger partial charge is 0.410 e. The molecule has 6 heterocycles. The Morgan fingerprint density at radius 2 is 1.32 bits per heavy atom. The van der Waals surface area contributed by atoms with Crippen molar-refractivity contribution in [1.82, 2.24) is 30.4 Å². The highest BCUT2D eigenvalue weighted by atomic mass is 32.1. The van der Waals surface area contributed by atoms with Gasteiger partial charge in [-0.25, -0.2) is 28.3 Å². The fraction of sp³-hybridized carbons (Fsp3) is 0.500. The Kier molecular flexibility index (Phi) is 17.8. The Morgan fingerprint density at radius 1 is 0.764 bits per heavy atom. The molecule has 2 aromatic carbocycles. The van der Waals surface area contributed by atoms with Gasteiger partial charge in [-0.3, -0.25) is 9.59 Å². The van der Waals surface area contributed by atoms with Crippen molar-refractivity contribution in [2.45, 2.75) is 144 Å². The molecule has 20 heteroatoms. The molecule has 2 aliphatic rings. The summed E-state index contributed by atoms with van der Waals surface area (Å²) in [5.74, 6) is -0.907. The van der Waals surface area contributed by atoms with Gasteiger partial charge in [-0.2, -0.15) is 0 Å². The number of anilines is 2. The SMILES string of the molecule is CCC(C)N(CCC(=O)Nc1sc2c(c1-c1nc3cc(F)ccc3s1)CCN(C(=O)OC(C)(C)C)C2)C(=O)OC(C)(C)C.CCC(C)NCCC(=O)Nc1sc2c(c1-c1nc3cc(F)ccc3s1)CCNC2. The van der Waals surface area contributed by atoms with E-state index in [-0.39, 0.29) is 48.5 Å². The van der Waals surface area contributed by atoms with E-state index in [4.69, 9.17) is 14.5 Å². The highest BCUT2D eigenvalue weighted by Gasteiger charge is 2.33. The van der Waals surface area contributed by atoms with Crippen molar-refractivity contribution in [2.75, 3.05) is 36.8 Å². The first-order chi connectivity index (χ1) is 34.1. The Morgan fingerprint density at radius 3 is 1.88 bits per heavy atom. The monoisotopic (exact) mass is 1060 g/mol. The van der Waals surface area contributed by atoms with E-state index in [1.54, 1.807) is 44.6 Å². The summed E-state index contributed by atoms with van der Waals surface area (Å²) < 4.78 is 40.5. The number of ether oxygens (including phenoxy) is 2. The van der Waals surface area contributed by atoms with Gasteiger partial charge in [0, 0.05) is 84.1 Å². The number of hydrogen-bond donors (Lipinski definition) is 4. The van der Waals surface area contributed by atoms with Crippen LogP contribution < -0.4 is 21.3 Å².